The van der Waals surface area contributed by atoms with Crippen LogP contribution in [0.4, 0.5) is 10.1 Å². The highest BCUT2D eigenvalue weighted by atomic mass is 32.1. The van der Waals surface area contributed by atoms with Crippen molar-refractivity contribution in [3.05, 3.63) is 125 Å². The number of hydrogen-bond acceptors (Lipinski definition) is 2. The third-order valence-electron chi connectivity index (χ3n) is 7.31. The lowest BCUT2D eigenvalue weighted by molar-refractivity contribution is 0.564. The molecule has 0 saturated carbocycles. The highest BCUT2D eigenvalue weighted by Gasteiger charge is 2.42. The Hall–Kier alpha value is -4.03. The van der Waals surface area contributed by atoms with Gasteiger partial charge in [0.15, 0.2) is 5.11 Å². The molecule has 1 saturated heterocycles. The van der Waals surface area contributed by atoms with Crippen molar-refractivity contribution in [2.45, 2.75) is 32.9 Å². The third-order valence-corrected chi connectivity index (χ3v) is 7.63. The molecule has 184 valence electrons. The normalized spacial score (nSPS) is 17.4. The van der Waals surface area contributed by atoms with Gasteiger partial charge in [-0.05, 0) is 92.0 Å². The number of nitrogens with zero attached hydrogens (tertiary/aromatic N) is 3. The first-order valence-corrected chi connectivity index (χ1v) is 12.8. The van der Waals surface area contributed by atoms with Gasteiger partial charge in [-0.2, -0.15) is 0 Å². The number of fused-ring (bicyclic) bond motifs is 1. The van der Waals surface area contributed by atoms with Gasteiger partial charge < -0.3 is 14.8 Å². The topological polar surface area (TPSA) is 33.1 Å². The lowest BCUT2D eigenvalue weighted by Gasteiger charge is -2.28. The van der Waals surface area contributed by atoms with Crippen LogP contribution < -0.4 is 10.2 Å². The second-order valence-corrected chi connectivity index (χ2v) is 9.98. The summed E-state index contributed by atoms with van der Waals surface area (Å²) in [5.74, 6) is -0.228. The van der Waals surface area contributed by atoms with Gasteiger partial charge in [-0.1, -0.05) is 42.5 Å². The number of hydrogen-bond donors (Lipinski definition) is 1. The van der Waals surface area contributed by atoms with Crippen LogP contribution >= 0.6 is 12.2 Å². The molecule has 0 amide bonds. The van der Waals surface area contributed by atoms with Gasteiger partial charge in [0, 0.05) is 28.7 Å². The largest absolute Gasteiger partial charge is 0.351 e. The van der Waals surface area contributed by atoms with Gasteiger partial charge in [-0.25, -0.2) is 4.39 Å². The molecule has 0 aliphatic carbocycles. The Kier molecular flexibility index (Phi) is 5.76. The Balaban J connectivity index is 1.55. The number of aromatic nitrogens is 2. The van der Waals surface area contributed by atoms with Crippen molar-refractivity contribution in [3.63, 3.8) is 0 Å². The number of rotatable bonds is 4. The molecule has 0 bridgehead atoms. The number of benzene rings is 3. The molecule has 3 heterocycles. The van der Waals surface area contributed by atoms with E-state index in [2.05, 4.69) is 82.1 Å². The van der Waals surface area contributed by atoms with E-state index in [-0.39, 0.29) is 17.9 Å². The Morgan fingerprint density at radius 2 is 1.68 bits per heavy atom. The molecule has 5 aromatic rings. The molecular formula is C31H27FN4S. The van der Waals surface area contributed by atoms with Gasteiger partial charge in [-0.3, -0.25) is 4.98 Å². The van der Waals surface area contributed by atoms with Crippen LogP contribution in [0, 0.1) is 26.6 Å². The maximum Gasteiger partial charge on any atom is 0.174 e. The summed E-state index contributed by atoms with van der Waals surface area (Å²) in [7, 11) is 0. The van der Waals surface area contributed by atoms with Crippen LogP contribution in [0.15, 0.2) is 91.1 Å². The lowest BCUT2D eigenvalue weighted by Crippen LogP contribution is -2.29. The predicted octanol–water partition coefficient (Wildman–Crippen LogP) is 7.27. The van der Waals surface area contributed by atoms with E-state index in [1.54, 1.807) is 19.2 Å². The molecule has 6 rings (SSSR count). The summed E-state index contributed by atoms with van der Waals surface area (Å²) in [4.78, 5) is 6.78. The number of aryl methyl sites for hydroxylation is 2. The van der Waals surface area contributed by atoms with Gasteiger partial charge in [-0.15, -0.1) is 0 Å². The standard InChI is InChI=1S/C31H27FN4S/c1-19-17-23(14-15-26(19)32)36-30(29(34-31(36)37)27-12-6-7-16-33-27)25-18-20(2)35(21(25)3)28-13-8-10-22-9-4-5-11-24(22)28/h4-18,29-30H,1-3H3,(H,34,37)/t29-,30-/m0/s1. The maximum absolute atomic E-state index is 14.2. The Labute approximate surface area is 221 Å². The van der Waals surface area contributed by atoms with Crippen LogP contribution in [0.3, 0.4) is 0 Å². The van der Waals surface area contributed by atoms with Crippen molar-refractivity contribution in [3.8, 4) is 5.69 Å². The molecule has 1 aliphatic heterocycles. The molecule has 3 aromatic carbocycles. The number of halogens is 1. The Bertz CT molecular complexity index is 1640. The molecule has 1 aliphatic rings. The fraction of sp³-hybridized carbons (Fsp3) is 0.161. The van der Waals surface area contributed by atoms with Gasteiger partial charge in [0.1, 0.15) is 5.82 Å². The smallest absolute Gasteiger partial charge is 0.174 e. The summed E-state index contributed by atoms with van der Waals surface area (Å²) in [5, 5.41) is 6.52. The monoisotopic (exact) mass is 506 g/mol. The van der Waals surface area contributed by atoms with Gasteiger partial charge in [0.2, 0.25) is 0 Å². The maximum atomic E-state index is 14.2. The molecule has 0 spiro atoms. The van der Waals surface area contributed by atoms with Crippen LogP contribution in [0.5, 0.6) is 0 Å². The SMILES string of the molecule is Cc1cc(N2C(=S)N[C@@H](c3ccccn3)[C@@H]2c2cc(C)n(-c3cccc4ccccc34)c2C)ccc1F. The molecule has 2 aromatic heterocycles. The molecule has 6 heteroatoms. The fourth-order valence-corrected chi connectivity index (χ4v) is 5.93. The molecule has 1 fully saturated rings. The van der Waals surface area contributed by atoms with E-state index in [4.69, 9.17) is 12.2 Å². The van der Waals surface area contributed by atoms with E-state index in [0.29, 0.717) is 10.7 Å². The summed E-state index contributed by atoms with van der Waals surface area (Å²) in [6.45, 7) is 6.08. The average Bonchev–Trinajstić information content (AvgIpc) is 3.40. The zero-order chi connectivity index (χ0) is 25.7. The van der Waals surface area contributed by atoms with Crippen LogP contribution in [0.25, 0.3) is 16.5 Å². The number of nitrogens with one attached hydrogen (secondary N) is 1. The first-order chi connectivity index (χ1) is 17.9. The van der Waals surface area contributed by atoms with E-state index in [0.717, 1.165) is 34.0 Å². The van der Waals surface area contributed by atoms with Gasteiger partial charge in [0.05, 0.1) is 23.5 Å². The summed E-state index contributed by atoms with van der Waals surface area (Å²) < 4.78 is 16.5. The summed E-state index contributed by atoms with van der Waals surface area (Å²) in [6.07, 6.45) is 1.81. The number of thiocarbonyl (C=S) groups is 1. The van der Waals surface area contributed by atoms with Crippen molar-refractivity contribution >= 4 is 33.8 Å². The van der Waals surface area contributed by atoms with E-state index in [9.17, 15) is 4.39 Å². The molecule has 4 nitrogen and oxygen atoms in total. The fourth-order valence-electron chi connectivity index (χ4n) is 5.59. The van der Waals surface area contributed by atoms with E-state index >= 15 is 0 Å². The highest BCUT2D eigenvalue weighted by Crippen LogP contribution is 2.44. The zero-order valence-corrected chi connectivity index (χ0v) is 21.8. The second-order valence-electron chi connectivity index (χ2n) is 9.59. The second kappa shape index (κ2) is 9.12. The van der Waals surface area contributed by atoms with Gasteiger partial charge in [0.25, 0.3) is 0 Å². The first kappa shape index (κ1) is 23.4. The van der Waals surface area contributed by atoms with Crippen LogP contribution in [-0.4, -0.2) is 14.7 Å². The van der Waals surface area contributed by atoms with E-state index in [1.807, 2.05) is 24.3 Å². The van der Waals surface area contributed by atoms with Crippen molar-refractivity contribution < 1.29 is 4.39 Å². The Morgan fingerprint density at radius 3 is 2.46 bits per heavy atom. The van der Waals surface area contributed by atoms with Crippen LogP contribution in [0.1, 0.15) is 40.3 Å². The number of anilines is 1. The third kappa shape index (κ3) is 3.89. The predicted molar refractivity (Wildman–Crippen MR) is 152 cm³/mol. The zero-order valence-electron chi connectivity index (χ0n) is 20.9. The average molecular weight is 507 g/mol. The number of pyridine rings is 1. The summed E-state index contributed by atoms with van der Waals surface area (Å²) in [5.41, 5.74) is 6.91. The molecule has 37 heavy (non-hydrogen) atoms. The molecule has 1 N–H and O–H groups in total. The van der Waals surface area contributed by atoms with Crippen molar-refractivity contribution in [2.24, 2.45) is 0 Å². The highest BCUT2D eigenvalue weighted by molar-refractivity contribution is 7.80. The van der Waals surface area contributed by atoms with Crippen LogP contribution in [0.2, 0.25) is 0 Å². The lowest BCUT2D eigenvalue weighted by atomic mass is 9.96. The summed E-state index contributed by atoms with van der Waals surface area (Å²) in [6, 6.07) is 27.9. The van der Waals surface area contributed by atoms with Crippen molar-refractivity contribution in [1.82, 2.24) is 14.9 Å². The van der Waals surface area contributed by atoms with Crippen molar-refractivity contribution in [2.75, 3.05) is 4.90 Å². The van der Waals surface area contributed by atoms with Crippen molar-refractivity contribution in [1.29, 1.82) is 0 Å². The Morgan fingerprint density at radius 1 is 0.892 bits per heavy atom. The molecular weight excluding hydrogens is 479 g/mol. The minimum absolute atomic E-state index is 0.165. The van der Waals surface area contributed by atoms with Gasteiger partial charge >= 0.3 is 0 Å². The molecule has 0 unspecified atom stereocenters. The quantitative estimate of drug-likeness (QED) is 0.260. The molecule has 0 radical (unpaired) electrons. The van der Waals surface area contributed by atoms with E-state index < -0.39 is 0 Å². The van der Waals surface area contributed by atoms with Crippen LogP contribution in [-0.2, 0) is 0 Å². The minimum atomic E-state index is -0.228. The molecule has 2 atom stereocenters. The van der Waals surface area contributed by atoms with E-state index in [1.165, 1.54) is 16.8 Å². The first-order valence-electron chi connectivity index (χ1n) is 12.4. The minimum Gasteiger partial charge on any atom is -0.351 e. The summed E-state index contributed by atoms with van der Waals surface area (Å²) >= 11 is 5.88.